The zero-order chi connectivity index (χ0) is 14.5. The summed E-state index contributed by atoms with van der Waals surface area (Å²) in [6.45, 7) is -0.937. The van der Waals surface area contributed by atoms with E-state index in [-0.39, 0.29) is 23.5 Å². The van der Waals surface area contributed by atoms with Crippen molar-refractivity contribution < 1.29 is 23.7 Å². The van der Waals surface area contributed by atoms with Crippen molar-refractivity contribution >= 4 is 0 Å². The van der Waals surface area contributed by atoms with Gasteiger partial charge in [-0.3, -0.25) is 0 Å². The van der Waals surface area contributed by atoms with Crippen LogP contribution in [-0.4, -0.2) is 10.2 Å². The molecule has 0 radical (unpaired) electrons. The van der Waals surface area contributed by atoms with Gasteiger partial charge in [-0.1, -0.05) is 18.2 Å². The van der Waals surface area contributed by atoms with Crippen molar-refractivity contribution in [2.75, 3.05) is 0 Å². The summed E-state index contributed by atoms with van der Waals surface area (Å²) in [6, 6.07) is 8.35. The number of rotatable bonds is 5. The molecular weight excluding hydrogens is 266 g/mol. The Balaban J connectivity index is 2.27. The SMILES string of the molecule is OCc1cc(F)cc(CO)c1OCc1ccccc1F. The van der Waals surface area contributed by atoms with Crippen molar-refractivity contribution in [1.29, 1.82) is 0 Å². The number of hydrogen-bond donors (Lipinski definition) is 2. The summed E-state index contributed by atoms with van der Waals surface area (Å²) < 4.78 is 32.2. The molecule has 106 valence electrons. The molecule has 0 spiro atoms. The molecule has 3 nitrogen and oxygen atoms in total. The van der Waals surface area contributed by atoms with E-state index in [1.807, 2.05) is 0 Å². The quantitative estimate of drug-likeness (QED) is 0.885. The second-order valence-electron chi connectivity index (χ2n) is 4.25. The molecule has 2 N–H and O–H groups in total. The molecule has 2 rings (SSSR count). The lowest BCUT2D eigenvalue weighted by Crippen LogP contribution is -2.04. The fourth-order valence-corrected chi connectivity index (χ4v) is 1.90. The lowest BCUT2D eigenvalue weighted by Gasteiger charge is -2.14. The molecule has 0 aliphatic carbocycles. The van der Waals surface area contributed by atoms with Gasteiger partial charge in [-0.25, -0.2) is 8.78 Å². The van der Waals surface area contributed by atoms with Crippen LogP contribution in [0.1, 0.15) is 16.7 Å². The normalized spacial score (nSPS) is 10.6. The first-order valence-corrected chi connectivity index (χ1v) is 6.05. The van der Waals surface area contributed by atoms with Crippen LogP contribution in [0.5, 0.6) is 5.75 Å². The van der Waals surface area contributed by atoms with Crippen LogP contribution in [0, 0.1) is 11.6 Å². The van der Waals surface area contributed by atoms with Gasteiger partial charge >= 0.3 is 0 Å². The molecule has 0 aromatic heterocycles. The molecule has 2 aromatic carbocycles. The second kappa shape index (κ2) is 6.45. The first kappa shape index (κ1) is 14.4. The van der Waals surface area contributed by atoms with Crippen LogP contribution in [-0.2, 0) is 19.8 Å². The molecule has 2 aromatic rings. The third-order valence-electron chi connectivity index (χ3n) is 2.88. The summed E-state index contributed by atoms with van der Waals surface area (Å²) in [7, 11) is 0. The summed E-state index contributed by atoms with van der Waals surface area (Å²) in [5, 5.41) is 18.4. The van der Waals surface area contributed by atoms with Crippen molar-refractivity contribution in [3.63, 3.8) is 0 Å². The Hall–Kier alpha value is -1.98. The van der Waals surface area contributed by atoms with Crippen LogP contribution in [0.2, 0.25) is 0 Å². The maximum atomic E-state index is 13.5. The Morgan fingerprint density at radius 2 is 1.50 bits per heavy atom. The summed E-state index contributed by atoms with van der Waals surface area (Å²) in [5.41, 5.74) is 0.764. The molecule has 0 amide bonds. The fraction of sp³-hybridized carbons (Fsp3) is 0.200. The first-order chi connectivity index (χ1) is 9.65. The standard InChI is InChI=1S/C15H14F2O3/c16-13-5-11(7-18)15(12(6-13)8-19)20-9-10-3-1-2-4-14(10)17/h1-6,18-19H,7-9H2. The molecule has 0 unspecified atom stereocenters. The monoisotopic (exact) mass is 280 g/mol. The predicted molar refractivity (Wildman–Crippen MR) is 69.0 cm³/mol. The average Bonchev–Trinajstić information content (AvgIpc) is 2.46. The highest BCUT2D eigenvalue weighted by atomic mass is 19.1. The number of halogens is 2. The van der Waals surface area contributed by atoms with E-state index in [9.17, 15) is 19.0 Å². The fourth-order valence-electron chi connectivity index (χ4n) is 1.90. The molecule has 0 atom stereocenters. The Kier molecular flexibility index (Phi) is 4.65. The Bertz CT molecular complexity index is 574. The lowest BCUT2D eigenvalue weighted by atomic mass is 10.1. The molecule has 0 bridgehead atoms. The van der Waals surface area contributed by atoms with Crippen LogP contribution in [0.3, 0.4) is 0 Å². The molecule has 0 aliphatic heterocycles. The number of aliphatic hydroxyl groups excluding tert-OH is 2. The van der Waals surface area contributed by atoms with E-state index in [2.05, 4.69) is 0 Å². The van der Waals surface area contributed by atoms with E-state index >= 15 is 0 Å². The minimum absolute atomic E-state index is 0.0711. The van der Waals surface area contributed by atoms with Crippen LogP contribution in [0.15, 0.2) is 36.4 Å². The van der Waals surface area contributed by atoms with Crippen molar-refractivity contribution in [3.05, 3.63) is 64.7 Å². The number of benzene rings is 2. The van der Waals surface area contributed by atoms with Crippen LogP contribution in [0.25, 0.3) is 0 Å². The maximum absolute atomic E-state index is 13.5. The molecule has 0 saturated heterocycles. The van der Waals surface area contributed by atoms with E-state index in [0.29, 0.717) is 5.56 Å². The Morgan fingerprint density at radius 1 is 0.900 bits per heavy atom. The number of ether oxygens (including phenoxy) is 1. The lowest BCUT2D eigenvalue weighted by molar-refractivity contribution is 0.239. The van der Waals surface area contributed by atoms with E-state index in [4.69, 9.17) is 4.74 Å². The zero-order valence-corrected chi connectivity index (χ0v) is 10.6. The van der Waals surface area contributed by atoms with Crippen molar-refractivity contribution in [1.82, 2.24) is 0 Å². The van der Waals surface area contributed by atoms with Gasteiger partial charge in [0, 0.05) is 16.7 Å². The number of hydrogen-bond acceptors (Lipinski definition) is 3. The van der Waals surface area contributed by atoms with Crippen LogP contribution in [0.4, 0.5) is 8.78 Å². The molecule has 20 heavy (non-hydrogen) atoms. The van der Waals surface area contributed by atoms with Gasteiger partial charge in [0.05, 0.1) is 13.2 Å². The van der Waals surface area contributed by atoms with Crippen molar-refractivity contribution in [2.24, 2.45) is 0 Å². The highest BCUT2D eigenvalue weighted by molar-refractivity contribution is 5.41. The molecule has 0 aliphatic rings. The van der Waals surface area contributed by atoms with E-state index < -0.39 is 24.8 Å². The molecule has 0 fully saturated rings. The third-order valence-corrected chi connectivity index (χ3v) is 2.88. The predicted octanol–water partition coefficient (Wildman–Crippen LogP) is 2.53. The van der Waals surface area contributed by atoms with Crippen LogP contribution < -0.4 is 4.74 Å². The highest BCUT2D eigenvalue weighted by Crippen LogP contribution is 2.27. The molecular formula is C15H14F2O3. The van der Waals surface area contributed by atoms with Gasteiger partial charge in [0.1, 0.15) is 24.0 Å². The van der Waals surface area contributed by atoms with Gasteiger partial charge < -0.3 is 14.9 Å². The molecule has 0 saturated carbocycles. The average molecular weight is 280 g/mol. The molecule has 0 heterocycles. The summed E-state index contributed by atoms with van der Waals surface area (Å²) in [5.74, 6) is -0.804. The minimum atomic E-state index is -0.573. The van der Waals surface area contributed by atoms with E-state index in [1.165, 1.54) is 6.07 Å². The highest BCUT2D eigenvalue weighted by Gasteiger charge is 2.13. The largest absolute Gasteiger partial charge is 0.488 e. The maximum Gasteiger partial charge on any atom is 0.131 e. The van der Waals surface area contributed by atoms with Crippen molar-refractivity contribution in [2.45, 2.75) is 19.8 Å². The Morgan fingerprint density at radius 3 is 2.05 bits per heavy atom. The summed E-state index contributed by atoms with van der Waals surface area (Å²) in [4.78, 5) is 0. The second-order valence-corrected chi connectivity index (χ2v) is 4.25. The number of aliphatic hydroxyl groups is 2. The van der Waals surface area contributed by atoms with Crippen molar-refractivity contribution in [3.8, 4) is 5.75 Å². The minimum Gasteiger partial charge on any atom is -0.488 e. The Labute approximate surface area is 115 Å². The summed E-state index contributed by atoms with van der Waals surface area (Å²) >= 11 is 0. The summed E-state index contributed by atoms with van der Waals surface area (Å²) in [6.07, 6.45) is 0. The van der Waals surface area contributed by atoms with E-state index in [0.717, 1.165) is 12.1 Å². The van der Waals surface area contributed by atoms with E-state index in [1.54, 1.807) is 18.2 Å². The smallest absolute Gasteiger partial charge is 0.131 e. The topological polar surface area (TPSA) is 49.7 Å². The van der Waals surface area contributed by atoms with Gasteiger partial charge in [0.25, 0.3) is 0 Å². The third kappa shape index (κ3) is 3.12. The van der Waals surface area contributed by atoms with Crippen LogP contribution >= 0.6 is 0 Å². The van der Waals surface area contributed by atoms with Gasteiger partial charge in [-0.05, 0) is 18.2 Å². The first-order valence-electron chi connectivity index (χ1n) is 6.05. The van der Waals surface area contributed by atoms with Gasteiger partial charge in [0.15, 0.2) is 0 Å². The van der Waals surface area contributed by atoms with Gasteiger partial charge in [-0.2, -0.15) is 0 Å². The van der Waals surface area contributed by atoms with Gasteiger partial charge in [0.2, 0.25) is 0 Å². The molecule has 5 heteroatoms. The zero-order valence-electron chi connectivity index (χ0n) is 10.6. The van der Waals surface area contributed by atoms with Gasteiger partial charge in [-0.15, -0.1) is 0 Å².